The maximum absolute atomic E-state index is 11.9. The molecular weight excluding hydrogens is 322 g/mol. The molecule has 0 spiro atoms. The van der Waals surface area contributed by atoms with Crippen LogP contribution in [0.4, 0.5) is 0 Å². The number of furan rings is 1. The van der Waals surface area contributed by atoms with E-state index in [4.69, 9.17) is 16.0 Å². The summed E-state index contributed by atoms with van der Waals surface area (Å²) in [5.41, 5.74) is 0. The first-order valence-corrected chi connectivity index (χ1v) is 8.30. The van der Waals surface area contributed by atoms with E-state index >= 15 is 0 Å². The van der Waals surface area contributed by atoms with Crippen molar-refractivity contribution in [2.24, 2.45) is 0 Å². The second-order valence-electron chi connectivity index (χ2n) is 4.98. The molecule has 1 aromatic carbocycles. The van der Waals surface area contributed by atoms with E-state index in [0.29, 0.717) is 23.0 Å². The first-order valence-electron chi connectivity index (χ1n) is 6.94. The first kappa shape index (κ1) is 16.9. The van der Waals surface area contributed by atoms with Crippen molar-refractivity contribution >= 4 is 29.3 Å². The number of rotatable bonds is 7. The third-order valence-electron chi connectivity index (χ3n) is 3.04. The van der Waals surface area contributed by atoms with Crippen LogP contribution in [-0.4, -0.2) is 22.8 Å². The number of hydrogen-bond acceptors (Lipinski definition) is 4. The van der Waals surface area contributed by atoms with E-state index in [1.807, 2.05) is 19.1 Å². The third kappa shape index (κ3) is 5.40. The third-order valence-corrected chi connectivity index (χ3v) is 4.30. The Balaban J connectivity index is 1.73. The van der Waals surface area contributed by atoms with Gasteiger partial charge in [0.1, 0.15) is 11.9 Å². The monoisotopic (exact) mass is 339 g/mol. The van der Waals surface area contributed by atoms with E-state index < -0.39 is 6.10 Å². The van der Waals surface area contributed by atoms with E-state index in [9.17, 15) is 9.90 Å². The molecule has 2 unspecified atom stereocenters. The lowest BCUT2D eigenvalue weighted by Gasteiger charge is -2.16. The van der Waals surface area contributed by atoms with Crippen molar-refractivity contribution in [3.05, 3.63) is 53.4 Å². The Morgan fingerprint density at radius 3 is 2.73 bits per heavy atom. The largest absolute Gasteiger partial charge is 0.467 e. The highest BCUT2D eigenvalue weighted by Crippen LogP contribution is 2.21. The maximum atomic E-state index is 11.9. The highest BCUT2D eigenvalue weighted by Gasteiger charge is 2.16. The van der Waals surface area contributed by atoms with Gasteiger partial charge in [0.05, 0.1) is 12.0 Å². The molecule has 1 aromatic heterocycles. The minimum atomic E-state index is -0.714. The lowest BCUT2D eigenvalue weighted by Crippen LogP contribution is -2.34. The molecule has 0 aliphatic carbocycles. The fraction of sp³-hybridized carbons (Fsp3) is 0.312. The predicted octanol–water partition coefficient (Wildman–Crippen LogP) is 3.65. The molecule has 2 rings (SSSR count). The molecule has 2 atom stereocenters. The summed E-state index contributed by atoms with van der Waals surface area (Å²) in [6.45, 7) is 1.86. The van der Waals surface area contributed by atoms with Crippen molar-refractivity contribution in [2.75, 3.05) is 5.75 Å². The number of aliphatic hydroxyl groups excluding tert-OH is 1. The van der Waals surface area contributed by atoms with Crippen molar-refractivity contribution in [3.8, 4) is 0 Å². The van der Waals surface area contributed by atoms with Crippen molar-refractivity contribution < 1.29 is 14.3 Å². The second-order valence-corrected chi connectivity index (χ2v) is 6.46. The summed E-state index contributed by atoms with van der Waals surface area (Å²) in [6.07, 6.45) is 1.21. The first-order chi connectivity index (χ1) is 10.5. The van der Waals surface area contributed by atoms with Gasteiger partial charge in [-0.15, -0.1) is 11.8 Å². The summed E-state index contributed by atoms with van der Waals surface area (Å²) in [7, 11) is 0. The number of nitrogens with one attached hydrogen (secondary N) is 1. The Morgan fingerprint density at radius 2 is 2.09 bits per heavy atom. The van der Waals surface area contributed by atoms with Gasteiger partial charge in [0.25, 0.3) is 0 Å². The van der Waals surface area contributed by atoms with Crippen LogP contribution in [-0.2, 0) is 4.79 Å². The van der Waals surface area contributed by atoms with Crippen molar-refractivity contribution in [3.63, 3.8) is 0 Å². The summed E-state index contributed by atoms with van der Waals surface area (Å²) in [4.78, 5) is 12.9. The number of carbonyl (C=O) groups excluding carboxylic acids is 1. The average molecular weight is 340 g/mol. The van der Waals surface area contributed by atoms with Gasteiger partial charge in [-0.05, 0) is 43.3 Å². The molecular formula is C16H18ClNO3S. The Bertz CT molecular complexity index is 586. The number of amides is 1. The van der Waals surface area contributed by atoms with Gasteiger partial charge >= 0.3 is 0 Å². The number of benzene rings is 1. The molecule has 4 nitrogen and oxygen atoms in total. The molecule has 1 heterocycles. The number of thioether (sulfide) groups is 1. The molecule has 0 fully saturated rings. The van der Waals surface area contributed by atoms with Crippen LogP contribution in [0.15, 0.2) is 52.0 Å². The van der Waals surface area contributed by atoms with E-state index in [1.165, 1.54) is 18.0 Å². The number of carbonyl (C=O) groups is 1. The van der Waals surface area contributed by atoms with Gasteiger partial charge in [0.15, 0.2) is 0 Å². The van der Waals surface area contributed by atoms with Crippen LogP contribution in [0.5, 0.6) is 0 Å². The summed E-state index contributed by atoms with van der Waals surface area (Å²) in [5.74, 6) is 0.763. The molecule has 118 valence electrons. The Labute approximate surface area is 138 Å². The number of hydrogen-bond donors (Lipinski definition) is 2. The molecule has 0 bridgehead atoms. The van der Waals surface area contributed by atoms with Gasteiger partial charge in [-0.2, -0.15) is 0 Å². The Hall–Kier alpha value is -1.43. The molecule has 6 heteroatoms. The Morgan fingerprint density at radius 1 is 1.36 bits per heavy atom. The van der Waals surface area contributed by atoms with E-state index in [0.717, 1.165) is 4.90 Å². The maximum Gasteiger partial charge on any atom is 0.230 e. The van der Waals surface area contributed by atoms with Gasteiger partial charge in [0.2, 0.25) is 5.91 Å². The SMILES string of the molecule is CC(CC(O)c1ccco1)NC(=O)CSc1ccc(Cl)cc1. The smallest absolute Gasteiger partial charge is 0.230 e. The van der Waals surface area contributed by atoms with E-state index in [1.54, 1.807) is 24.3 Å². The highest BCUT2D eigenvalue weighted by atomic mass is 35.5. The predicted molar refractivity (Wildman–Crippen MR) is 88.1 cm³/mol. The number of halogens is 1. The topological polar surface area (TPSA) is 62.5 Å². The lowest BCUT2D eigenvalue weighted by atomic mass is 10.1. The summed E-state index contributed by atoms with van der Waals surface area (Å²) in [6, 6.07) is 10.7. The molecule has 0 saturated heterocycles. The van der Waals surface area contributed by atoms with Crippen LogP contribution in [0.25, 0.3) is 0 Å². The highest BCUT2D eigenvalue weighted by molar-refractivity contribution is 8.00. The standard InChI is InChI=1S/C16H18ClNO3S/c1-11(9-14(19)15-3-2-8-21-15)18-16(20)10-22-13-6-4-12(17)5-7-13/h2-8,11,14,19H,9-10H2,1H3,(H,18,20). The van der Waals surface area contributed by atoms with Crippen molar-refractivity contribution in [2.45, 2.75) is 30.4 Å². The van der Waals surface area contributed by atoms with Gasteiger partial charge < -0.3 is 14.8 Å². The van der Waals surface area contributed by atoms with Crippen LogP contribution in [0.1, 0.15) is 25.2 Å². The van der Waals surface area contributed by atoms with Gasteiger partial charge in [-0.25, -0.2) is 0 Å². The zero-order chi connectivity index (χ0) is 15.9. The van der Waals surface area contributed by atoms with Gasteiger partial charge in [-0.3, -0.25) is 4.79 Å². The van der Waals surface area contributed by atoms with Crippen LogP contribution < -0.4 is 5.32 Å². The average Bonchev–Trinajstić information content (AvgIpc) is 3.01. The van der Waals surface area contributed by atoms with Gasteiger partial charge in [-0.1, -0.05) is 11.6 Å². The van der Waals surface area contributed by atoms with Crippen LogP contribution in [0.3, 0.4) is 0 Å². The Kier molecular flexibility index (Phi) is 6.36. The van der Waals surface area contributed by atoms with Crippen LogP contribution in [0.2, 0.25) is 5.02 Å². The van der Waals surface area contributed by atoms with Crippen LogP contribution >= 0.6 is 23.4 Å². The minimum Gasteiger partial charge on any atom is -0.467 e. The van der Waals surface area contributed by atoms with E-state index in [2.05, 4.69) is 5.32 Å². The van der Waals surface area contributed by atoms with Crippen molar-refractivity contribution in [1.82, 2.24) is 5.32 Å². The van der Waals surface area contributed by atoms with Crippen molar-refractivity contribution in [1.29, 1.82) is 0 Å². The fourth-order valence-electron chi connectivity index (χ4n) is 1.99. The summed E-state index contributed by atoms with van der Waals surface area (Å²) < 4.78 is 5.14. The second kappa shape index (κ2) is 8.27. The molecule has 0 saturated carbocycles. The molecule has 1 amide bonds. The fourth-order valence-corrected chi connectivity index (χ4v) is 2.82. The minimum absolute atomic E-state index is 0.0703. The number of aliphatic hydroxyl groups is 1. The van der Waals surface area contributed by atoms with E-state index in [-0.39, 0.29) is 11.9 Å². The normalized spacial score (nSPS) is 13.6. The molecule has 0 aliphatic rings. The molecule has 22 heavy (non-hydrogen) atoms. The van der Waals surface area contributed by atoms with Crippen LogP contribution in [0, 0.1) is 0 Å². The molecule has 2 N–H and O–H groups in total. The summed E-state index contributed by atoms with van der Waals surface area (Å²) >= 11 is 7.26. The zero-order valence-electron chi connectivity index (χ0n) is 12.2. The molecule has 0 radical (unpaired) electrons. The quantitative estimate of drug-likeness (QED) is 0.756. The van der Waals surface area contributed by atoms with Gasteiger partial charge in [0, 0.05) is 22.4 Å². The molecule has 2 aromatic rings. The summed E-state index contributed by atoms with van der Waals surface area (Å²) in [5, 5.41) is 13.5. The zero-order valence-corrected chi connectivity index (χ0v) is 13.7. The molecule has 0 aliphatic heterocycles. The lowest BCUT2D eigenvalue weighted by molar-refractivity contribution is -0.119.